The fourth-order valence-corrected chi connectivity index (χ4v) is 2.10. The Hall–Kier alpha value is -2.14. The summed E-state index contributed by atoms with van der Waals surface area (Å²) < 4.78 is 0. The number of aliphatic hydroxyl groups excluding tert-OH is 1. The molecule has 106 valence electrons. The Balaban J connectivity index is 1.96. The van der Waals surface area contributed by atoms with Gasteiger partial charge >= 0.3 is 0 Å². The number of para-hydroxylation sites is 2. The number of aryl methyl sites for hydroxylation is 1. The molecule has 5 nitrogen and oxygen atoms in total. The summed E-state index contributed by atoms with van der Waals surface area (Å²) in [4.78, 5) is 21.3. The van der Waals surface area contributed by atoms with E-state index in [1.807, 2.05) is 24.3 Å². The van der Waals surface area contributed by atoms with Gasteiger partial charge < -0.3 is 15.0 Å². The average molecular weight is 273 g/mol. The van der Waals surface area contributed by atoms with E-state index in [1.54, 1.807) is 11.0 Å². The second-order valence-corrected chi connectivity index (χ2v) is 4.55. The summed E-state index contributed by atoms with van der Waals surface area (Å²) in [6, 6.07) is 7.78. The van der Waals surface area contributed by atoms with Crippen molar-refractivity contribution in [3.05, 3.63) is 42.7 Å². The molecule has 1 amide bonds. The van der Waals surface area contributed by atoms with E-state index in [9.17, 15) is 4.79 Å². The zero-order valence-corrected chi connectivity index (χ0v) is 11.4. The maximum atomic E-state index is 12.0. The monoisotopic (exact) mass is 273 g/mol. The zero-order chi connectivity index (χ0) is 14.4. The number of aliphatic hydroxyl groups is 1. The number of carbonyl (C=O) groups is 1. The van der Waals surface area contributed by atoms with Crippen molar-refractivity contribution in [2.75, 3.05) is 19.7 Å². The van der Waals surface area contributed by atoms with Crippen LogP contribution in [0.5, 0.6) is 0 Å². The zero-order valence-electron chi connectivity index (χ0n) is 11.4. The van der Waals surface area contributed by atoms with Crippen molar-refractivity contribution in [2.45, 2.75) is 12.8 Å². The van der Waals surface area contributed by atoms with Crippen molar-refractivity contribution in [3.63, 3.8) is 0 Å². The minimum absolute atomic E-state index is 0.000550. The molecule has 0 fully saturated rings. The Kier molecular flexibility index (Phi) is 4.90. The van der Waals surface area contributed by atoms with Crippen molar-refractivity contribution in [1.82, 2.24) is 14.9 Å². The molecule has 0 saturated carbocycles. The lowest BCUT2D eigenvalue weighted by Crippen LogP contribution is -2.33. The van der Waals surface area contributed by atoms with Crippen molar-refractivity contribution in [1.29, 1.82) is 0 Å². The Bertz CT molecular complexity index is 559. The number of aromatic amines is 1. The number of H-pyrrole nitrogens is 1. The first kappa shape index (κ1) is 14.3. The number of nitrogens with zero attached hydrogens (tertiary/aromatic N) is 2. The van der Waals surface area contributed by atoms with Crippen LogP contribution in [0.3, 0.4) is 0 Å². The first-order chi connectivity index (χ1) is 9.74. The van der Waals surface area contributed by atoms with Crippen LogP contribution in [0.4, 0.5) is 0 Å². The van der Waals surface area contributed by atoms with Crippen LogP contribution in [0.1, 0.15) is 12.2 Å². The summed E-state index contributed by atoms with van der Waals surface area (Å²) in [7, 11) is 0. The predicted molar refractivity (Wildman–Crippen MR) is 78.3 cm³/mol. The minimum atomic E-state index is -0.0375. The van der Waals surface area contributed by atoms with E-state index in [2.05, 4.69) is 16.5 Å². The van der Waals surface area contributed by atoms with Crippen molar-refractivity contribution in [2.24, 2.45) is 0 Å². The van der Waals surface area contributed by atoms with E-state index in [0.717, 1.165) is 16.9 Å². The minimum Gasteiger partial charge on any atom is -0.395 e. The van der Waals surface area contributed by atoms with Crippen LogP contribution in [-0.2, 0) is 11.2 Å². The van der Waals surface area contributed by atoms with Crippen LogP contribution in [0.25, 0.3) is 11.0 Å². The molecule has 0 atom stereocenters. The van der Waals surface area contributed by atoms with Crippen LogP contribution in [0, 0.1) is 0 Å². The summed E-state index contributed by atoms with van der Waals surface area (Å²) in [5.74, 6) is 0.807. The van der Waals surface area contributed by atoms with E-state index in [0.29, 0.717) is 25.9 Å². The third kappa shape index (κ3) is 3.45. The normalized spacial score (nSPS) is 10.7. The summed E-state index contributed by atoms with van der Waals surface area (Å²) in [5.41, 5.74) is 1.89. The van der Waals surface area contributed by atoms with Gasteiger partial charge in [0.2, 0.25) is 5.91 Å². The van der Waals surface area contributed by atoms with E-state index in [-0.39, 0.29) is 12.5 Å². The van der Waals surface area contributed by atoms with Gasteiger partial charge in [0.05, 0.1) is 17.6 Å². The maximum Gasteiger partial charge on any atom is 0.223 e. The number of rotatable bonds is 7. The molecule has 0 bridgehead atoms. The van der Waals surface area contributed by atoms with Gasteiger partial charge in [0, 0.05) is 25.9 Å². The lowest BCUT2D eigenvalue weighted by atomic mass is 10.2. The lowest BCUT2D eigenvalue weighted by Gasteiger charge is -2.19. The van der Waals surface area contributed by atoms with Gasteiger partial charge in [-0.3, -0.25) is 4.79 Å². The number of benzene rings is 1. The number of carbonyl (C=O) groups excluding carboxylic acids is 1. The first-order valence-electron chi connectivity index (χ1n) is 6.67. The van der Waals surface area contributed by atoms with Crippen LogP contribution < -0.4 is 0 Å². The Morgan fingerprint density at radius 2 is 2.25 bits per heavy atom. The molecule has 0 aliphatic rings. The number of fused-ring (bicyclic) bond motifs is 1. The molecule has 20 heavy (non-hydrogen) atoms. The van der Waals surface area contributed by atoms with E-state index in [4.69, 9.17) is 5.11 Å². The molecular weight excluding hydrogens is 254 g/mol. The highest BCUT2D eigenvalue weighted by molar-refractivity contribution is 5.77. The molecule has 5 heteroatoms. The molecule has 0 unspecified atom stereocenters. The number of nitrogens with one attached hydrogen (secondary N) is 1. The number of hydrogen-bond donors (Lipinski definition) is 2. The van der Waals surface area contributed by atoms with Gasteiger partial charge in [-0.25, -0.2) is 4.98 Å². The molecule has 1 aromatic heterocycles. The first-order valence-corrected chi connectivity index (χ1v) is 6.67. The molecule has 0 radical (unpaired) electrons. The van der Waals surface area contributed by atoms with Gasteiger partial charge in [-0.15, -0.1) is 6.58 Å². The summed E-state index contributed by atoms with van der Waals surface area (Å²) in [6.45, 7) is 4.38. The van der Waals surface area contributed by atoms with E-state index >= 15 is 0 Å². The smallest absolute Gasteiger partial charge is 0.223 e. The van der Waals surface area contributed by atoms with Gasteiger partial charge in [-0.05, 0) is 12.1 Å². The molecule has 0 spiro atoms. The average Bonchev–Trinajstić information content (AvgIpc) is 2.87. The molecule has 2 rings (SSSR count). The van der Waals surface area contributed by atoms with E-state index in [1.165, 1.54) is 0 Å². The molecule has 1 heterocycles. The number of imidazole rings is 1. The quantitative estimate of drug-likeness (QED) is 0.751. The van der Waals surface area contributed by atoms with Crippen molar-refractivity contribution >= 4 is 16.9 Å². The third-order valence-corrected chi connectivity index (χ3v) is 3.09. The molecular formula is C15H19N3O2. The number of amides is 1. The molecule has 0 aliphatic heterocycles. The topological polar surface area (TPSA) is 69.2 Å². The van der Waals surface area contributed by atoms with Gasteiger partial charge in [-0.1, -0.05) is 18.2 Å². The lowest BCUT2D eigenvalue weighted by molar-refractivity contribution is -0.131. The van der Waals surface area contributed by atoms with Crippen LogP contribution in [-0.4, -0.2) is 45.6 Å². The summed E-state index contributed by atoms with van der Waals surface area (Å²) in [5, 5.41) is 8.95. The molecule has 1 aromatic carbocycles. The largest absolute Gasteiger partial charge is 0.395 e. The van der Waals surface area contributed by atoms with Gasteiger partial charge in [0.1, 0.15) is 5.82 Å². The van der Waals surface area contributed by atoms with Gasteiger partial charge in [-0.2, -0.15) is 0 Å². The van der Waals surface area contributed by atoms with Crippen LogP contribution >= 0.6 is 0 Å². The maximum absolute atomic E-state index is 12.0. The summed E-state index contributed by atoms with van der Waals surface area (Å²) >= 11 is 0. The second-order valence-electron chi connectivity index (χ2n) is 4.55. The van der Waals surface area contributed by atoms with Crippen molar-refractivity contribution in [3.8, 4) is 0 Å². The Labute approximate surface area is 117 Å². The summed E-state index contributed by atoms with van der Waals surface area (Å²) in [6.07, 6.45) is 2.59. The molecule has 2 N–H and O–H groups in total. The number of hydrogen-bond acceptors (Lipinski definition) is 3. The van der Waals surface area contributed by atoms with Crippen LogP contribution in [0.2, 0.25) is 0 Å². The SMILES string of the molecule is C=CCN(CCO)C(=O)CCc1nc2ccccc2[nH]1. The molecule has 2 aromatic rings. The standard InChI is InChI=1S/C15H19N3O2/c1-2-9-18(10-11-19)15(20)8-7-14-16-12-5-3-4-6-13(12)17-14/h2-6,19H,1,7-11H2,(H,16,17). The van der Waals surface area contributed by atoms with Crippen molar-refractivity contribution < 1.29 is 9.90 Å². The van der Waals surface area contributed by atoms with Gasteiger partial charge in [0.15, 0.2) is 0 Å². The molecule has 0 aliphatic carbocycles. The third-order valence-electron chi connectivity index (χ3n) is 3.09. The second kappa shape index (κ2) is 6.86. The highest BCUT2D eigenvalue weighted by Crippen LogP contribution is 2.11. The van der Waals surface area contributed by atoms with Gasteiger partial charge in [0.25, 0.3) is 0 Å². The Morgan fingerprint density at radius 3 is 2.95 bits per heavy atom. The van der Waals surface area contributed by atoms with Crippen LogP contribution in [0.15, 0.2) is 36.9 Å². The fraction of sp³-hybridized carbons (Fsp3) is 0.333. The Morgan fingerprint density at radius 1 is 1.45 bits per heavy atom. The highest BCUT2D eigenvalue weighted by Gasteiger charge is 2.12. The molecule has 0 saturated heterocycles. The predicted octanol–water partition coefficient (Wildman–Crippen LogP) is 1.50. The highest BCUT2D eigenvalue weighted by atomic mass is 16.3. The number of aromatic nitrogens is 2. The fourth-order valence-electron chi connectivity index (χ4n) is 2.10. The van der Waals surface area contributed by atoms with E-state index < -0.39 is 0 Å².